The largest absolute Gasteiger partial charge is 0.394 e. The van der Waals surface area contributed by atoms with Crippen LogP contribution in [0.15, 0.2) is 30.3 Å². The van der Waals surface area contributed by atoms with Gasteiger partial charge in [-0.1, -0.05) is 23.7 Å². The number of carbonyl (C=O) groups excluding carboxylic acids is 1. The molecule has 1 aromatic carbocycles. The van der Waals surface area contributed by atoms with Gasteiger partial charge in [0.1, 0.15) is 5.69 Å². The third-order valence-corrected chi connectivity index (χ3v) is 3.20. The van der Waals surface area contributed by atoms with E-state index < -0.39 is 0 Å². The Balaban J connectivity index is 1.83. The fourth-order valence-electron chi connectivity index (χ4n) is 1.84. The van der Waals surface area contributed by atoms with Crippen LogP contribution < -0.4 is 5.32 Å². The number of ether oxygens (including phenoxy) is 1. The molecule has 0 aliphatic heterocycles. The SMILES string of the molecule is O=C(NCCCOCCO)c1cc(-c2ccc(Cl)cc2)n[nH]1. The molecule has 0 spiro atoms. The van der Waals surface area contributed by atoms with E-state index >= 15 is 0 Å². The van der Waals surface area contributed by atoms with E-state index in [1.54, 1.807) is 18.2 Å². The molecule has 1 aromatic heterocycles. The molecule has 0 radical (unpaired) electrons. The van der Waals surface area contributed by atoms with Crippen molar-refractivity contribution in [2.45, 2.75) is 6.42 Å². The van der Waals surface area contributed by atoms with Gasteiger partial charge in [-0.25, -0.2) is 0 Å². The zero-order valence-corrected chi connectivity index (χ0v) is 12.8. The summed E-state index contributed by atoms with van der Waals surface area (Å²) >= 11 is 5.84. The van der Waals surface area contributed by atoms with Gasteiger partial charge in [-0.15, -0.1) is 0 Å². The zero-order valence-electron chi connectivity index (χ0n) is 12.0. The number of aliphatic hydroxyl groups excluding tert-OH is 1. The number of nitrogens with zero attached hydrogens (tertiary/aromatic N) is 1. The van der Waals surface area contributed by atoms with Gasteiger partial charge >= 0.3 is 0 Å². The van der Waals surface area contributed by atoms with E-state index in [0.717, 1.165) is 5.56 Å². The molecule has 0 fully saturated rings. The number of aliphatic hydroxyl groups is 1. The van der Waals surface area contributed by atoms with E-state index in [9.17, 15) is 4.79 Å². The molecule has 7 heteroatoms. The standard InChI is InChI=1S/C15H18ClN3O3/c16-12-4-2-11(3-5-12)13-10-14(19-18-13)15(21)17-6-1-8-22-9-7-20/h2-5,10,20H,1,6-9H2,(H,17,21)(H,18,19). The van der Waals surface area contributed by atoms with E-state index in [-0.39, 0.29) is 12.5 Å². The Bertz CT molecular complexity index is 598. The summed E-state index contributed by atoms with van der Waals surface area (Å²) in [6, 6.07) is 8.94. The Labute approximate surface area is 133 Å². The van der Waals surface area contributed by atoms with E-state index in [4.69, 9.17) is 21.4 Å². The topological polar surface area (TPSA) is 87.2 Å². The van der Waals surface area contributed by atoms with Crippen molar-refractivity contribution in [2.75, 3.05) is 26.4 Å². The normalized spacial score (nSPS) is 10.6. The van der Waals surface area contributed by atoms with Crippen molar-refractivity contribution in [2.24, 2.45) is 0 Å². The van der Waals surface area contributed by atoms with Gasteiger partial charge in [-0.05, 0) is 24.6 Å². The van der Waals surface area contributed by atoms with Crippen LogP contribution in [0.2, 0.25) is 5.02 Å². The van der Waals surface area contributed by atoms with E-state index in [0.29, 0.717) is 42.6 Å². The molecule has 6 nitrogen and oxygen atoms in total. The third-order valence-electron chi connectivity index (χ3n) is 2.95. The van der Waals surface area contributed by atoms with Crippen molar-refractivity contribution < 1.29 is 14.6 Å². The van der Waals surface area contributed by atoms with Crippen molar-refractivity contribution in [3.8, 4) is 11.3 Å². The second kappa shape index (κ2) is 8.53. The molecule has 1 amide bonds. The van der Waals surface area contributed by atoms with Crippen LogP contribution in [0.4, 0.5) is 0 Å². The minimum Gasteiger partial charge on any atom is -0.394 e. The van der Waals surface area contributed by atoms with Crippen LogP contribution in [-0.4, -0.2) is 47.6 Å². The number of hydrogen-bond donors (Lipinski definition) is 3. The Kier molecular flexibility index (Phi) is 6.39. The summed E-state index contributed by atoms with van der Waals surface area (Å²) in [5.41, 5.74) is 1.98. The average molecular weight is 324 g/mol. The van der Waals surface area contributed by atoms with Gasteiger partial charge in [0.2, 0.25) is 0 Å². The van der Waals surface area contributed by atoms with Gasteiger partial charge in [0.25, 0.3) is 5.91 Å². The first kappa shape index (κ1) is 16.5. The molecule has 118 valence electrons. The van der Waals surface area contributed by atoms with Gasteiger partial charge in [-0.3, -0.25) is 9.89 Å². The maximum atomic E-state index is 11.9. The number of H-pyrrole nitrogens is 1. The minimum absolute atomic E-state index is 0.00792. The Morgan fingerprint density at radius 3 is 2.82 bits per heavy atom. The van der Waals surface area contributed by atoms with Gasteiger partial charge in [0, 0.05) is 23.7 Å². The second-order valence-corrected chi connectivity index (χ2v) is 5.06. The first-order valence-corrected chi connectivity index (χ1v) is 7.36. The van der Waals surface area contributed by atoms with Crippen molar-refractivity contribution in [1.82, 2.24) is 15.5 Å². The van der Waals surface area contributed by atoms with Crippen LogP contribution in [0, 0.1) is 0 Å². The number of hydrogen-bond acceptors (Lipinski definition) is 4. The predicted molar refractivity (Wildman–Crippen MR) is 83.9 cm³/mol. The number of amides is 1. The first-order chi connectivity index (χ1) is 10.7. The Hall–Kier alpha value is -1.89. The van der Waals surface area contributed by atoms with Crippen LogP contribution in [0.1, 0.15) is 16.9 Å². The molecule has 0 atom stereocenters. The van der Waals surface area contributed by atoms with E-state index in [2.05, 4.69) is 15.5 Å². The number of rotatable bonds is 8. The zero-order chi connectivity index (χ0) is 15.8. The highest BCUT2D eigenvalue weighted by molar-refractivity contribution is 6.30. The Morgan fingerprint density at radius 1 is 1.32 bits per heavy atom. The number of benzene rings is 1. The molecule has 3 N–H and O–H groups in total. The minimum atomic E-state index is -0.213. The van der Waals surface area contributed by atoms with Crippen LogP contribution in [-0.2, 0) is 4.74 Å². The molecule has 0 saturated carbocycles. The first-order valence-electron chi connectivity index (χ1n) is 6.99. The lowest BCUT2D eigenvalue weighted by Gasteiger charge is -2.03. The molecule has 0 unspecified atom stereocenters. The smallest absolute Gasteiger partial charge is 0.269 e. The lowest BCUT2D eigenvalue weighted by molar-refractivity contribution is 0.0865. The van der Waals surface area contributed by atoms with Gasteiger partial charge in [-0.2, -0.15) is 5.10 Å². The summed E-state index contributed by atoms with van der Waals surface area (Å²) in [5.74, 6) is -0.213. The second-order valence-electron chi connectivity index (χ2n) is 4.62. The van der Waals surface area contributed by atoms with Crippen LogP contribution >= 0.6 is 11.6 Å². The molecule has 22 heavy (non-hydrogen) atoms. The van der Waals surface area contributed by atoms with Crippen molar-refractivity contribution >= 4 is 17.5 Å². The van der Waals surface area contributed by atoms with Crippen molar-refractivity contribution in [3.05, 3.63) is 41.0 Å². The lowest BCUT2D eigenvalue weighted by Crippen LogP contribution is -2.25. The summed E-state index contributed by atoms with van der Waals surface area (Å²) in [4.78, 5) is 11.9. The van der Waals surface area contributed by atoms with Crippen molar-refractivity contribution in [1.29, 1.82) is 0 Å². The van der Waals surface area contributed by atoms with Crippen LogP contribution in [0.5, 0.6) is 0 Å². The molecular formula is C15H18ClN3O3. The average Bonchev–Trinajstić information content (AvgIpc) is 3.01. The van der Waals surface area contributed by atoms with Gasteiger partial charge < -0.3 is 15.2 Å². The summed E-state index contributed by atoms with van der Waals surface area (Å²) in [7, 11) is 0. The number of halogens is 1. The van der Waals surface area contributed by atoms with Gasteiger partial charge in [0.05, 0.1) is 18.9 Å². The van der Waals surface area contributed by atoms with Crippen molar-refractivity contribution in [3.63, 3.8) is 0 Å². The fraction of sp³-hybridized carbons (Fsp3) is 0.333. The molecule has 0 aliphatic carbocycles. The maximum Gasteiger partial charge on any atom is 0.269 e. The van der Waals surface area contributed by atoms with E-state index in [1.165, 1.54) is 0 Å². The van der Waals surface area contributed by atoms with E-state index in [1.807, 2.05) is 12.1 Å². The maximum absolute atomic E-state index is 11.9. The summed E-state index contributed by atoms with van der Waals surface area (Å²) in [5, 5.41) is 18.8. The monoisotopic (exact) mass is 323 g/mol. The predicted octanol–water partition coefficient (Wildman–Crippen LogP) is 1.86. The number of aromatic nitrogens is 2. The highest BCUT2D eigenvalue weighted by Gasteiger charge is 2.10. The number of nitrogens with one attached hydrogen (secondary N) is 2. The fourth-order valence-corrected chi connectivity index (χ4v) is 1.97. The lowest BCUT2D eigenvalue weighted by atomic mass is 10.1. The molecule has 2 aromatic rings. The number of aromatic amines is 1. The molecular weight excluding hydrogens is 306 g/mol. The quantitative estimate of drug-likeness (QED) is 0.647. The van der Waals surface area contributed by atoms with Gasteiger partial charge in [0.15, 0.2) is 0 Å². The molecule has 0 saturated heterocycles. The molecule has 0 bridgehead atoms. The highest BCUT2D eigenvalue weighted by Crippen LogP contribution is 2.20. The molecule has 2 rings (SSSR count). The highest BCUT2D eigenvalue weighted by atomic mass is 35.5. The van der Waals surface area contributed by atoms with Crippen LogP contribution in [0.3, 0.4) is 0 Å². The Morgan fingerprint density at radius 2 is 2.09 bits per heavy atom. The summed E-state index contributed by atoms with van der Waals surface area (Å²) < 4.78 is 5.11. The third kappa shape index (κ3) is 4.84. The summed E-state index contributed by atoms with van der Waals surface area (Å²) in [6.45, 7) is 1.33. The molecule has 0 aliphatic rings. The summed E-state index contributed by atoms with van der Waals surface area (Å²) in [6.07, 6.45) is 0.684. The number of carbonyl (C=O) groups is 1. The van der Waals surface area contributed by atoms with Crippen LogP contribution in [0.25, 0.3) is 11.3 Å². The molecule has 1 heterocycles.